The molecule has 257 valence electrons. The first kappa shape index (κ1) is 37.9. The SMILES string of the molecule is Cc1[n-]n(-c2ccccc2)c(=O)c1N=Nc1cc([N+](=O)[O-])ccc1[O-].O=S(=O)([O-])c1cc(Cl)cc(N=Nc2c([O-])ccc3ccccc23)c1[O-].[Cr+3].[H+].[H+]. The molecule has 0 saturated heterocycles. The molecule has 0 aliphatic rings. The Morgan fingerprint density at radius 1 is 0.804 bits per heavy atom. The molecule has 0 N–H and O–H groups in total. The number of aryl methyl sites for hydroxylation is 1. The van der Waals surface area contributed by atoms with Crippen LogP contribution in [-0.4, -0.2) is 22.6 Å². The van der Waals surface area contributed by atoms with Gasteiger partial charge in [0.05, 0.1) is 26.9 Å². The Hall–Kier alpha value is -5.90. The summed E-state index contributed by atoms with van der Waals surface area (Å²) in [5.74, 6) is -2.08. The number of nitrogens with zero attached hydrogens (tertiary/aromatic N) is 7. The first-order valence-corrected chi connectivity index (χ1v) is 15.8. The summed E-state index contributed by atoms with van der Waals surface area (Å²) < 4.78 is 34.6. The Bertz CT molecular complexity index is 2500. The first-order chi connectivity index (χ1) is 23.7. The summed E-state index contributed by atoms with van der Waals surface area (Å²) in [7, 11) is -5.01. The van der Waals surface area contributed by atoms with E-state index in [4.69, 9.17) is 11.6 Å². The van der Waals surface area contributed by atoms with Crippen LogP contribution in [0.4, 0.5) is 28.4 Å². The topological polar surface area (TPSA) is 255 Å². The zero-order valence-corrected chi connectivity index (χ0v) is 28.6. The number of azo groups is 2. The summed E-state index contributed by atoms with van der Waals surface area (Å²) in [5, 5.41) is 66.8. The Labute approximate surface area is 306 Å². The quantitative estimate of drug-likeness (QED) is 0.0830. The molecule has 0 fully saturated rings. The predicted molar refractivity (Wildman–Crippen MR) is 175 cm³/mol. The van der Waals surface area contributed by atoms with Gasteiger partial charge in [-0.25, -0.2) is 8.42 Å². The van der Waals surface area contributed by atoms with Gasteiger partial charge in [0, 0.05) is 28.2 Å². The molecule has 1 radical (unpaired) electrons. The summed E-state index contributed by atoms with van der Waals surface area (Å²) in [6, 6.07) is 23.6. The third-order valence-electron chi connectivity index (χ3n) is 6.79. The largest absolute Gasteiger partial charge is 3.00 e. The number of nitro benzene ring substituents is 1. The maximum Gasteiger partial charge on any atom is 3.00 e. The molecule has 1 aromatic heterocycles. The van der Waals surface area contributed by atoms with E-state index in [-0.39, 0.29) is 48.0 Å². The first-order valence-electron chi connectivity index (χ1n) is 14.0. The number of para-hydroxylation sites is 1. The molecule has 6 rings (SSSR count). The summed E-state index contributed by atoms with van der Waals surface area (Å²) >= 11 is 5.73. The normalized spacial score (nSPS) is 11.4. The molecule has 0 aliphatic carbocycles. The van der Waals surface area contributed by atoms with E-state index in [0.29, 0.717) is 16.8 Å². The number of halogens is 1. The van der Waals surface area contributed by atoms with E-state index in [9.17, 15) is 43.2 Å². The van der Waals surface area contributed by atoms with Gasteiger partial charge in [-0.05, 0) is 29.7 Å². The van der Waals surface area contributed by atoms with Crippen LogP contribution in [0, 0.1) is 17.0 Å². The van der Waals surface area contributed by atoms with E-state index in [1.165, 1.54) is 10.7 Å². The van der Waals surface area contributed by atoms with Crippen LogP contribution in [0.25, 0.3) is 16.5 Å². The number of non-ortho nitro benzene ring substituents is 1. The molecule has 19 heteroatoms. The van der Waals surface area contributed by atoms with Crippen LogP contribution in [0.2, 0.25) is 5.02 Å². The van der Waals surface area contributed by atoms with Crippen molar-refractivity contribution in [2.45, 2.75) is 11.8 Å². The Balaban J connectivity index is 0.000000347. The molecule has 0 bridgehead atoms. The molecule has 16 nitrogen and oxygen atoms in total. The number of benzene rings is 5. The van der Waals surface area contributed by atoms with Gasteiger partial charge < -0.3 is 29.7 Å². The monoisotopic (exact) mass is 766 g/mol. The third-order valence-corrected chi connectivity index (χ3v) is 7.85. The van der Waals surface area contributed by atoms with Gasteiger partial charge in [0.1, 0.15) is 15.8 Å². The van der Waals surface area contributed by atoms with Crippen molar-refractivity contribution >= 4 is 60.9 Å². The van der Waals surface area contributed by atoms with Crippen LogP contribution < -0.4 is 26.0 Å². The van der Waals surface area contributed by atoms with E-state index >= 15 is 0 Å². The maximum atomic E-state index is 12.4. The van der Waals surface area contributed by atoms with Crippen LogP contribution in [-0.2, 0) is 27.5 Å². The van der Waals surface area contributed by atoms with E-state index in [1.54, 1.807) is 61.5 Å². The summed E-state index contributed by atoms with van der Waals surface area (Å²) in [6.45, 7) is 1.58. The third kappa shape index (κ3) is 8.64. The van der Waals surface area contributed by atoms with E-state index < -0.39 is 48.4 Å². The number of rotatable bonds is 7. The van der Waals surface area contributed by atoms with Crippen LogP contribution >= 0.6 is 11.6 Å². The van der Waals surface area contributed by atoms with Crippen molar-refractivity contribution in [1.82, 2.24) is 9.78 Å². The zero-order valence-electron chi connectivity index (χ0n) is 27.7. The Kier molecular flexibility index (Phi) is 11.7. The Morgan fingerprint density at radius 2 is 1.43 bits per heavy atom. The van der Waals surface area contributed by atoms with Crippen LogP contribution in [0.1, 0.15) is 8.55 Å². The molecule has 0 saturated carbocycles. The van der Waals surface area contributed by atoms with Gasteiger partial charge in [-0.2, -0.15) is 15.3 Å². The van der Waals surface area contributed by atoms with E-state index in [1.807, 2.05) is 6.07 Å². The number of fused-ring (bicyclic) bond motifs is 1. The average Bonchev–Trinajstić information content (AvgIpc) is 3.37. The van der Waals surface area contributed by atoms with Crippen molar-refractivity contribution < 1.29 is 53.4 Å². The fraction of sp³-hybridized carbons (Fsp3) is 0.0312. The average molecular weight is 767 g/mol. The van der Waals surface area contributed by atoms with Crippen molar-refractivity contribution in [3.05, 3.63) is 128 Å². The minimum Gasteiger partial charge on any atom is -0.871 e. The van der Waals surface area contributed by atoms with Crippen molar-refractivity contribution in [1.29, 1.82) is 0 Å². The second-order valence-electron chi connectivity index (χ2n) is 10.1. The van der Waals surface area contributed by atoms with Gasteiger partial charge in [0.25, 0.3) is 11.2 Å². The van der Waals surface area contributed by atoms with Crippen LogP contribution in [0.3, 0.4) is 0 Å². The second kappa shape index (κ2) is 15.8. The molecule has 1 heterocycles. The number of aromatic nitrogens is 2. The number of hydrogen-bond donors (Lipinski definition) is 0. The number of hydrogen-bond acceptors (Lipinski definition) is 13. The second-order valence-corrected chi connectivity index (χ2v) is 11.9. The smallest absolute Gasteiger partial charge is 0.871 e. The van der Waals surface area contributed by atoms with Crippen molar-refractivity contribution in [2.75, 3.05) is 0 Å². The van der Waals surface area contributed by atoms with Gasteiger partial charge in [-0.1, -0.05) is 96.4 Å². The van der Waals surface area contributed by atoms with Crippen LogP contribution in [0.15, 0.2) is 127 Å². The van der Waals surface area contributed by atoms with E-state index in [0.717, 1.165) is 35.7 Å². The molecule has 0 amide bonds. The molecule has 0 aliphatic heterocycles. The van der Waals surface area contributed by atoms with Gasteiger partial charge in [-0.15, -0.1) is 10.8 Å². The van der Waals surface area contributed by atoms with E-state index in [2.05, 4.69) is 25.6 Å². The molecule has 0 atom stereocenters. The van der Waals surface area contributed by atoms with Gasteiger partial charge in [-0.3, -0.25) is 14.9 Å². The number of nitro groups is 1. The molecular formula is C32H21ClCrN7O9S. The van der Waals surface area contributed by atoms with Gasteiger partial charge >= 0.3 is 20.2 Å². The zero-order chi connectivity index (χ0) is 36.2. The van der Waals surface area contributed by atoms with Crippen molar-refractivity contribution in [3.8, 4) is 22.9 Å². The van der Waals surface area contributed by atoms with Crippen molar-refractivity contribution in [2.24, 2.45) is 20.5 Å². The van der Waals surface area contributed by atoms with Crippen LogP contribution in [0.5, 0.6) is 17.2 Å². The standard InChI is InChI=1S/C16H11ClN2O5S.C16H13N5O4.Cr/c17-10-7-12(16(21)14(8-10)25(22,23)24)18-19-15-11-4-2-1-3-9(11)5-6-13(15)20;1-10-15(16(23)20(19-10)11-5-3-2-4-6-11)18-17-13-9-12(21(24)25)7-8-14(13)22;/h1-8,20-21H,(H,22,23,24);2-9H,1H3,(H2,17,18,19,22,23);/q;;+3/p-3. The molecule has 0 unspecified atom stereocenters. The van der Waals surface area contributed by atoms with Crippen molar-refractivity contribution in [3.63, 3.8) is 0 Å². The fourth-order valence-electron chi connectivity index (χ4n) is 4.42. The summed E-state index contributed by atoms with van der Waals surface area (Å²) in [4.78, 5) is 21.5. The predicted octanol–water partition coefficient (Wildman–Crippen LogP) is 5.68. The summed E-state index contributed by atoms with van der Waals surface area (Å²) in [6.07, 6.45) is 0. The molecule has 51 heavy (non-hydrogen) atoms. The summed E-state index contributed by atoms with van der Waals surface area (Å²) in [5.41, 5.74) is -0.598. The molecule has 0 spiro atoms. The van der Waals surface area contributed by atoms with Gasteiger partial charge in [0.15, 0.2) is 0 Å². The molecule has 6 aromatic rings. The fourth-order valence-corrected chi connectivity index (χ4v) is 5.30. The maximum absolute atomic E-state index is 12.4. The minimum absolute atomic E-state index is 0. The van der Waals surface area contributed by atoms with Gasteiger partial charge in [0.2, 0.25) is 0 Å². The molecule has 5 aromatic carbocycles. The minimum atomic E-state index is -5.01. The molecular weight excluding hydrogens is 746 g/mol. The Morgan fingerprint density at radius 3 is 2.12 bits per heavy atom.